The van der Waals surface area contributed by atoms with Crippen molar-refractivity contribution in [2.75, 3.05) is 49.6 Å². The molecule has 0 aliphatic carbocycles. The third-order valence-electron chi connectivity index (χ3n) is 5.71. The molecule has 1 saturated heterocycles. The van der Waals surface area contributed by atoms with Crippen molar-refractivity contribution >= 4 is 17.3 Å². The number of ether oxygens (including phenoxy) is 1. The maximum atomic E-state index is 12.9. The summed E-state index contributed by atoms with van der Waals surface area (Å²) in [6.45, 7) is 5.83. The molecule has 2 aliphatic rings. The lowest BCUT2D eigenvalue weighted by Crippen LogP contribution is -2.52. The van der Waals surface area contributed by atoms with E-state index in [4.69, 9.17) is 4.74 Å². The van der Waals surface area contributed by atoms with E-state index in [1.54, 1.807) is 7.11 Å². The number of hydrogen-bond acceptors (Lipinski definition) is 4. The van der Waals surface area contributed by atoms with Crippen LogP contribution in [0.2, 0.25) is 0 Å². The van der Waals surface area contributed by atoms with Gasteiger partial charge in [-0.05, 0) is 37.1 Å². The van der Waals surface area contributed by atoms with Crippen LogP contribution in [-0.2, 0) is 11.2 Å². The quantitative estimate of drug-likeness (QED) is 0.835. The molecule has 1 atom stereocenters. The topological polar surface area (TPSA) is 36.0 Å². The van der Waals surface area contributed by atoms with Crippen LogP contribution < -0.4 is 14.5 Å². The zero-order chi connectivity index (χ0) is 18.8. The Bertz CT molecular complexity index is 815. The maximum Gasteiger partial charge on any atom is 0.242 e. The second-order valence-electron chi connectivity index (χ2n) is 7.35. The number of methoxy groups -OCH3 is 1. The average Bonchev–Trinajstić information content (AvgIpc) is 3.03. The Morgan fingerprint density at radius 1 is 1.00 bits per heavy atom. The van der Waals surface area contributed by atoms with Gasteiger partial charge in [-0.25, -0.2) is 0 Å². The first-order valence-corrected chi connectivity index (χ1v) is 9.67. The van der Waals surface area contributed by atoms with Crippen LogP contribution in [0.15, 0.2) is 48.5 Å². The molecule has 1 fully saturated rings. The van der Waals surface area contributed by atoms with Gasteiger partial charge in [0, 0.05) is 37.9 Å². The fourth-order valence-electron chi connectivity index (χ4n) is 4.20. The predicted molar refractivity (Wildman–Crippen MR) is 109 cm³/mol. The second kappa shape index (κ2) is 7.51. The van der Waals surface area contributed by atoms with Gasteiger partial charge in [0.2, 0.25) is 5.91 Å². The molecule has 5 heteroatoms. The van der Waals surface area contributed by atoms with Crippen molar-refractivity contribution < 1.29 is 9.53 Å². The molecule has 0 spiro atoms. The fourth-order valence-corrected chi connectivity index (χ4v) is 4.20. The van der Waals surface area contributed by atoms with E-state index in [9.17, 15) is 4.79 Å². The number of fused-ring (bicyclic) bond motifs is 1. The van der Waals surface area contributed by atoms with E-state index >= 15 is 0 Å². The Morgan fingerprint density at radius 3 is 2.41 bits per heavy atom. The van der Waals surface area contributed by atoms with Crippen LogP contribution in [0, 0.1) is 0 Å². The van der Waals surface area contributed by atoms with Crippen LogP contribution in [0.3, 0.4) is 0 Å². The number of para-hydroxylation sites is 3. The van der Waals surface area contributed by atoms with E-state index in [2.05, 4.69) is 47.1 Å². The Labute approximate surface area is 161 Å². The number of anilines is 2. The minimum Gasteiger partial charge on any atom is -0.495 e. The predicted octanol–water partition coefficient (Wildman–Crippen LogP) is 2.80. The van der Waals surface area contributed by atoms with Crippen LogP contribution in [0.4, 0.5) is 11.4 Å². The van der Waals surface area contributed by atoms with Crippen LogP contribution in [0.1, 0.15) is 12.5 Å². The zero-order valence-corrected chi connectivity index (χ0v) is 16.1. The number of hydrogen-bond donors (Lipinski definition) is 0. The molecule has 5 nitrogen and oxygen atoms in total. The van der Waals surface area contributed by atoms with Gasteiger partial charge in [-0.3, -0.25) is 4.79 Å². The molecule has 1 amide bonds. The highest BCUT2D eigenvalue weighted by molar-refractivity contribution is 5.83. The van der Waals surface area contributed by atoms with Gasteiger partial charge in [-0.15, -0.1) is 0 Å². The van der Waals surface area contributed by atoms with Crippen molar-refractivity contribution in [1.82, 2.24) is 4.90 Å². The Hall–Kier alpha value is -2.69. The highest BCUT2D eigenvalue weighted by atomic mass is 16.5. The van der Waals surface area contributed by atoms with E-state index in [0.29, 0.717) is 12.6 Å². The minimum absolute atomic E-state index is 0.221. The van der Waals surface area contributed by atoms with E-state index in [0.717, 1.165) is 44.0 Å². The summed E-state index contributed by atoms with van der Waals surface area (Å²) in [7, 11) is 1.70. The molecule has 0 saturated carbocycles. The summed E-state index contributed by atoms with van der Waals surface area (Å²) in [6.07, 6.45) is 1.02. The first-order chi connectivity index (χ1) is 13.2. The third kappa shape index (κ3) is 3.46. The SMILES string of the molecule is COc1ccccc1N1CCN(C(=O)CN2c3ccccc3C[C@H]2C)CC1. The molecule has 0 aromatic heterocycles. The Morgan fingerprint density at radius 2 is 1.67 bits per heavy atom. The van der Waals surface area contributed by atoms with E-state index in [-0.39, 0.29) is 5.91 Å². The molecule has 2 aliphatic heterocycles. The molecule has 142 valence electrons. The van der Waals surface area contributed by atoms with Crippen molar-refractivity contribution in [1.29, 1.82) is 0 Å². The lowest BCUT2D eigenvalue weighted by molar-refractivity contribution is -0.130. The van der Waals surface area contributed by atoms with Gasteiger partial charge in [-0.1, -0.05) is 30.3 Å². The van der Waals surface area contributed by atoms with Crippen molar-refractivity contribution in [3.63, 3.8) is 0 Å². The van der Waals surface area contributed by atoms with Gasteiger partial charge in [0.1, 0.15) is 5.75 Å². The van der Waals surface area contributed by atoms with Gasteiger partial charge in [0.05, 0.1) is 19.3 Å². The molecule has 0 N–H and O–H groups in total. The smallest absolute Gasteiger partial charge is 0.242 e. The number of carbonyl (C=O) groups is 1. The maximum absolute atomic E-state index is 12.9. The normalized spacial score (nSPS) is 19.2. The first-order valence-electron chi connectivity index (χ1n) is 9.67. The Balaban J connectivity index is 1.38. The highest BCUT2D eigenvalue weighted by Gasteiger charge is 2.30. The number of carbonyl (C=O) groups excluding carboxylic acids is 1. The van der Waals surface area contributed by atoms with E-state index < -0.39 is 0 Å². The summed E-state index contributed by atoms with van der Waals surface area (Å²) in [4.78, 5) is 19.5. The molecule has 0 bridgehead atoms. The molecule has 2 aromatic rings. The standard InChI is InChI=1S/C22H27N3O2/c1-17-15-18-7-3-4-8-19(18)25(17)16-22(26)24-13-11-23(12-14-24)20-9-5-6-10-21(20)27-2/h3-10,17H,11-16H2,1-2H3/t17-/m1/s1. The van der Waals surface area contributed by atoms with Gasteiger partial charge >= 0.3 is 0 Å². The van der Waals surface area contributed by atoms with Crippen LogP contribution in [0.5, 0.6) is 5.75 Å². The van der Waals surface area contributed by atoms with E-state index in [1.165, 1.54) is 11.3 Å². The van der Waals surface area contributed by atoms with Crippen LogP contribution >= 0.6 is 0 Å². The molecule has 0 radical (unpaired) electrons. The highest BCUT2D eigenvalue weighted by Crippen LogP contribution is 2.32. The number of benzene rings is 2. The number of nitrogens with zero attached hydrogens (tertiary/aromatic N) is 3. The average molecular weight is 365 g/mol. The van der Waals surface area contributed by atoms with Gasteiger partial charge in [0.15, 0.2) is 0 Å². The minimum atomic E-state index is 0.221. The molecule has 2 aromatic carbocycles. The van der Waals surface area contributed by atoms with Gasteiger partial charge in [0.25, 0.3) is 0 Å². The zero-order valence-electron chi connectivity index (χ0n) is 16.1. The monoisotopic (exact) mass is 365 g/mol. The molecular weight excluding hydrogens is 338 g/mol. The largest absolute Gasteiger partial charge is 0.495 e. The van der Waals surface area contributed by atoms with Crippen molar-refractivity contribution in [2.45, 2.75) is 19.4 Å². The summed E-state index contributed by atoms with van der Waals surface area (Å²) < 4.78 is 5.48. The summed E-state index contributed by atoms with van der Waals surface area (Å²) in [5.41, 5.74) is 3.67. The summed E-state index contributed by atoms with van der Waals surface area (Å²) >= 11 is 0. The molecule has 2 heterocycles. The van der Waals surface area contributed by atoms with Crippen LogP contribution in [-0.4, -0.2) is 56.7 Å². The lowest BCUT2D eigenvalue weighted by atomic mass is 10.1. The van der Waals surface area contributed by atoms with Gasteiger partial charge in [-0.2, -0.15) is 0 Å². The van der Waals surface area contributed by atoms with E-state index in [1.807, 2.05) is 23.1 Å². The first kappa shape index (κ1) is 17.7. The molecule has 0 unspecified atom stereocenters. The van der Waals surface area contributed by atoms with Crippen molar-refractivity contribution in [3.8, 4) is 5.75 Å². The number of piperazine rings is 1. The third-order valence-corrected chi connectivity index (χ3v) is 5.71. The molecule has 4 rings (SSSR count). The van der Waals surface area contributed by atoms with Crippen LogP contribution in [0.25, 0.3) is 0 Å². The fraction of sp³-hybridized carbons (Fsp3) is 0.409. The van der Waals surface area contributed by atoms with Crippen molar-refractivity contribution in [3.05, 3.63) is 54.1 Å². The second-order valence-corrected chi connectivity index (χ2v) is 7.35. The van der Waals surface area contributed by atoms with Gasteiger partial charge < -0.3 is 19.4 Å². The molecule has 27 heavy (non-hydrogen) atoms. The lowest BCUT2D eigenvalue weighted by Gasteiger charge is -2.37. The molecular formula is C22H27N3O2. The number of rotatable bonds is 4. The summed E-state index contributed by atoms with van der Waals surface area (Å²) in [5.74, 6) is 1.11. The Kier molecular flexibility index (Phi) is 4.92. The van der Waals surface area contributed by atoms with Crippen molar-refractivity contribution in [2.24, 2.45) is 0 Å². The number of amides is 1. The summed E-state index contributed by atoms with van der Waals surface area (Å²) in [5, 5.41) is 0. The summed E-state index contributed by atoms with van der Waals surface area (Å²) in [6, 6.07) is 16.9.